The number of rotatable bonds is 6. The first-order valence-electron chi connectivity index (χ1n) is 8.92. The second kappa shape index (κ2) is 8.92. The fourth-order valence-corrected chi connectivity index (χ4v) is 2.76. The number of amides is 2. The first kappa shape index (κ1) is 18.6. The predicted molar refractivity (Wildman–Crippen MR) is 95.2 cm³/mol. The first-order valence-corrected chi connectivity index (χ1v) is 8.92. The number of urea groups is 1. The average Bonchev–Trinajstić information content (AvgIpc) is 2.55. The molecule has 134 valence electrons. The van der Waals surface area contributed by atoms with Crippen LogP contribution in [0.3, 0.4) is 0 Å². The highest BCUT2D eigenvalue weighted by Gasteiger charge is 2.23. The molecule has 0 saturated carbocycles. The molecule has 1 aromatic carbocycles. The lowest BCUT2D eigenvalue weighted by Crippen LogP contribution is -2.47. The highest BCUT2D eigenvalue weighted by atomic mass is 16.5. The molecule has 0 aromatic heterocycles. The van der Waals surface area contributed by atoms with Crippen molar-refractivity contribution < 1.29 is 14.6 Å². The number of hydrogen-bond donors (Lipinski definition) is 2. The van der Waals surface area contributed by atoms with E-state index in [2.05, 4.69) is 19.2 Å². The summed E-state index contributed by atoms with van der Waals surface area (Å²) in [6.07, 6.45) is 2.26. The first-order chi connectivity index (χ1) is 11.5. The lowest BCUT2D eigenvalue weighted by Gasteiger charge is -2.31. The Kier molecular flexibility index (Phi) is 6.91. The molecule has 2 atom stereocenters. The van der Waals surface area contributed by atoms with Crippen LogP contribution in [-0.4, -0.2) is 41.8 Å². The number of carbonyl (C=O) groups excluding carboxylic acids is 1. The van der Waals surface area contributed by atoms with Gasteiger partial charge in [-0.2, -0.15) is 0 Å². The van der Waals surface area contributed by atoms with E-state index in [-0.39, 0.29) is 12.1 Å². The van der Waals surface area contributed by atoms with Crippen molar-refractivity contribution in [3.05, 3.63) is 29.8 Å². The van der Waals surface area contributed by atoms with Crippen molar-refractivity contribution in [2.24, 2.45) is 5.92 Å². The molecule has 1 fully saturated rings. The minimum Gasteiger partial charge on any atom is -0.494 e. The topological polar surface area (TPSA) is 61.8 Å². The highest BCUT2D eigenvalue weighted by molar-refractivity contribution is 5.74. The Morgan fingerprint density at radius 3 is 2.67 bits per heavy atom. The Bertz CT molecular complexity index is 516. The maximum atomic E-state index is 12.3. The standard InChI is InChI=1S/C19H30N2O3/c1-14(2)10-12-24-18-8-6-16(7-9-18)15(3)20-19(23)21-11-4-5-17(22)13-21/h6-9,14-15,17,22H,4-5,10-13H2,1-3H3,(H,20,23). The zero-order chi connectivity index (χ0) is 17.5. The minimum atomic E-state index is -0.401. The summed E-state index contributed by atoms with van der Waals surface area (Å²) in [7, 11) is 0. The van der Waals surface area contributed by atoms with E-state index in [0.717, 1.165) is 37.2 Å². The number of aliphatic hydroxyl groups excluding tert-OH is 1. The summed E-state index contributed by atoms with van der Waals surface area (Å²) >= 11 is 0. The van der Waals surface area contributed by atoms with Crippen LogP contribution in [0, 0.1) is 5.92 Å². The molecule has 24 heavy (non-hydrogen) atoms. The number of aliphatic hydroxyl groups is 1. The van der Waals surface area contributed by atoms with E-state index >= 15 is 0 Å². The second-order valence-electron chi connectivity index (χ2n) is 7.01. The van der Waals surface area contributed by atoms with E-state index in [1.807, 2.05) is 31.2 Å². The van der Waals surface area contributed by atoms with Gasteiger partial charge < -0.3 is 20.1 Å². The van der Waals surface area contributed by atoms with Crippen LogP contribution in [0.25, 0.3) is 0 Å². The van der Waals surface area contributed by atoms with Crippen LogP contribution in [0.2, 0.25) is 0 Å². The largest absolute Gasteiger partial charge is 0.494 e. The number of ether oxygens (including phenoxy) is 1. The van der Waals surface area contributed by atoms with Gasteiger partial charge in [-0.3, -0.25) is 0 Å². The maximum absolute atomic E-state index is 12.3. The second-order valence-corrected chi connectivity index (χ2v) is 7.01. The van der Waals surface area contributed by atoms with Crippen molar-refractivity contribution in [1.29, 1.82) is 0 Å². The summed E-state index contributed by atoms with van der Waals surface area (Å²) in [5, 5.41) is 12.7. The number of nitrogens with zero attached hydrogens (tertiary/aromatic N) is 1. The molecule has 1 aliphatic heterocycles. The molecule has 1 heterocycles. The fourth-order valence-electron chi connectivity index (χ4n) is 2.76. The van der Waals surface area contributed by atoms with E-state index in [1.165, 1.54) is 0 Å². The molecule has 2 N–H and O–H groups in total. The molecular formula is C19H30N2O3. The summed E-state index contributed by atoms with van der Waals surface area (Å²) in [6.45, 7) is 8.17. The van der Waals surface area contributed by atoms with Crippen molar-refractivity contribution in [2.75, 3.05) is 19.7 Å². The van der Waals surface area contributed by atoms with Gasteiger partial charge in [0.1, 0.15) is 5.75 Å². The Balaban J connectivity index is 1.83. The number of benzene rings is 1. The fraction of sp³-hybridized carbons (Fsp3) is 0.632. The van der Waals surface area contributed by atoms with Crippen LogP contribution in [-0.2, 0) is 0 Å². The van der Waals surface area contributed by atoms with Gasteiger partial charge in [0.25, 0.3) is 0 Å². The number of likely N-dealkylation sites (tertiary alicyclic amines) is 1. The van der Waals surface area contributed by atoms with Crippen molar-refractivity contribution >= 4 is 6.03 Å². The van der Waals surface area contributed by atoms with Gasteiger partial charge in [0.05, 0.1) is 18.8 Å². The van der Waals surface area contributed by atoms with E-state index in [4.69, 9.17) is 4.74 Å². The monoisotopic (exact) mass is 334 g/mol. The predicted octanol–water partition coefficient (Wildman–Crippen LogP) is 3.34. The number of piperidine rings is 1. The summed E-state index contributed by atoms with van der Waals surface area (Å²) in [4.78, 5) is 14.0. The lowest BCUT2D eigenvalue weighted by molar-refractivity contribution is 0.0835. The van der Waals surface area contributed by atoms with Crippen LogP contribution < -0.4 is 10.1 Å². The SMILES string of the molecule is CC(C)CCOc1ccc(C(C)NC(=O)N2CCCC(O)C2)cc1. The molecule has 5 heteroatoms. The van der Waals surface area contributed by atoms with E-state index in [1.54, 1.807) is 4.90 Å². The molecular weight excluding hydrogens is 304 g/mol. The van der Waals surface area contributed by atoms with E-state index in [0.29, 0.717) is 19.0 Å². The van der Waals surface area contributed by atoms with Crippen molar-refractivity contribution in [1.82, 2.24) is 10.2 Å². The zero-order valence-corrected chi connectivity index (χ0v) is 15.0. The van der Waals surface area contributed by atoms with Crippen molar-refractivity contribution in [3.63, 3.8) is 0 Å². The van der Waals surface area contributed by atoms with Crippen molar-refractivity contribution in [3.8, 4) is 5.75 Å². The number of β-amino-alcohol motifs (C(OH)–C–C–N with tert-alkyl or cyclic N) is 1. The molecule has 2 amide bonds. The molecule has 0 aliphatic carbocycles. The Hall–Kier alpha value is -1.75. The van der Waals surface area contributed by atoms with Gasteiger partial charge in [-0.05, 0) is 49.8 Å². The molecule has 0 bridgehead atoms. The third kappa shape index (κ3) is 5.71. The van der Waals surface area contributed by atoms with E-state index in [9.17, 15) is 9.90 Å². The molecule has 2 unspecified atom stereocenters. The molecule has 0 spiro atoms. The third-order valence-electron chi connectivity index (χ3n) is 4.37. The van der Waals surface area contributed by atoms with Gasteiger partial charge in [-0.25, -0.2) is 4.79 Å². The summed E-state index contributed by atoms with van der Waals surface area (Å²) in [5.74, 6) is 1.49. The minimum absolute atomic E-state index is 0.0821. The van der Waals surface area contributed by atoms with Crippen LogP contribution in [0.1, 0.15) is 51.6 Å². The molecule has 2 rings (SSSR count). The van der Waals surface area contributed by atoms with Gasteiger partial charge in [0.15, 0.2) is 0 Å². The van der Waals surface area contributed by atoms with E-state index < -0.39 is 6.10 Å². The quantitative estimate of drug-likeness (QED) is 0.839. The Labute approximate surface area is 145 Å². The molecule has 0 radical (unpaired) electrons. The highest BCUT2D eigenvalue weighted by Crippen LogP contribution is 2.19. The van der Waals surface area contributed by atoms with Crippen molar-refractivity contribution in [2.45, 2.75) is 52.2 Å². The van der Waals surface area contributed by atoms with Crippen LogP contribution in [0.5, 0.6) is 5.75 Å². The van der Waals surface area contributed by atoms with Gasteiger partial charge in [-0.1, -0.05) is 26.0 Å². The number of carbonyl (C=O) groups is 1. The Morgan fingerprint density at radius 1 is 1.33 bits per heavy atom. The summed E-state index contributed by atoms with van der Waals surface area (Å²) in [6, 6.07) is 7.67. The lowest BCUT2D eigenvalue weighted by atomic mass is 10.1. The summed E-state index contributed by atoms with van der Waals surface area (Å²) < 4.78 is 5.72. The smallest absolute Gasteiger partial charge is 0.317 e. The molecule has 1 aliphatic rings. The van der Waals surface area contributed by atoms with Crippen LogP contribution in [0.15, 0.2) is 24.3 Å². The van der Waals surface area contributed by atoms with Gasteiger partial charge in [0, 0.05) is 13.1 Å². The summed E-state index contributed by atoms with van der Waals surface area (Å²) in [5.41, 5.74) is 1.04. The number of hydrogen-bond acceptors (Lipinski definition) is 3. The zero-order valence-electron chi connectivity index (χ0n) is 15.0. The van der Waals surface area contributed by atoms with Gasteiger partial charge in [0.2, 0.25) is 0 Å². The normalized spacial score (nSPS) is 19.2. The third-order valence-corrected chi connectivity index (χ3v) is 4.37. The van der Waals surface area contributed by atoms with Gasteiger partial charge >= 0.3 is 6.03 Å². The maximum Gasteiger partial charge on any atom is 0.317 e. The Morgan fingerprint density at radius 2 is 2.04 bits per heavy atom. The molecule has 5 nitrogen and oxygen atoms in total. The molecule has 1 aromatic rings. The molecule has 1 saturated heterocycles. The number of nitrogens with one attached hydrogen (secondary N) is 1. The van der Waals surface area contributed by atoms with Crippen LogP contribution >= 0.6 is 0 Å². The average molecular weight is 334 g/mol. The van der Waals surface area contributed by atoms with Crippen LogP contribution in [0.4, 0.5) is 4.79 Å². The van der Waals surface area contributed by atoms with Gasteiger partial charge in [-0.15, -0.1) is 0 Å².